The Morgan fingerprint density at radius 3 is 2.25 bits per heavy atom. The van der Waals surface area contributed by atoms with Crippen molar-refractivity contribution in [2.75, 3.05) is 0 Å². The van der Waals surface area contributed by atoms with Gasteiger partial charge in [-0.15, -0.1) is 11.3 Å². The molecule has 0 spiro atoms. The Bertz CT molecular complexity index is 1140. The summed E-state index contributed by atoms with van der Waals surface area (Å²) in [4.78, 5) is 6.83. The molecule has 2 nitrogen and oxygen atoms in total. The number of benzene rings is 2. The van der Waals surface area contributed by atoms with Crippen molar-refractivity contribution < 1.29 is 0 Å². The Morgan fingerprint density at radius 1 is 0.792 bits per heavy atom. The first-order valence-corrected chi connectivity index (χ1v) is 8.72. The number of pyridine rings is 1. The Morgan fingerprint density at radius 2 is 1.50 bits per heavy atom. The third-order valence-corrected chi connectivity index (χ3v) is 5.55. The maximum Gasteiger partial charge on any atom is 0.108 e. The normalized spacial score (nSPS) is 11.3. The Hall–Kier alpha value is -2.91. The number of aromatic nitrogens is 2. The van der Waals surface area contributed by atoms with Gasteiger partial charge in [-0.2, -0.15) is 0 Å². The molecule has 0 radical (unpaired) electrons. The van der Waals surface area contributed by atoms with Crippen LogP contribution in [0.1, 0.15) is 0 Å². The molecule has 0 aliphatic heterocycles. The van der Waals surface area contributed by atoms with E-state index in [0.29, 0.717) is 0 Å². The predicted molar refractivity (Wildman–Crippen MR) is 101 cm³/mol. The standard InChI is InChI=1S/C21H14N2S/c1-3-7-15(8-4-1)19-20(16-9-5-2-6-10-16)24-21-18-11-12-22-13-17(18)14-23(19)21/h1-14H. The zero-order chi connectivity index (χ0) is 15.9. The van der Waals surface area contributed by atoms with E-state index in [2.05, 4.69) is 82.3 Å². The van der Waals surface area contributed by atoms with E-state index < -0.39 is 0 Å². The van der Waals surface area contributed by atoms with Crippen LogP contribution in [0.4, 0.5) is 0 Å². The lowest BCUT2D eigenvalue weighted by Crippen LogP contribution is -1.86. The smallest absolute Gasteiger partial charge is 0.108 e. The number of hydrogen-bond acceptors (Lipinski definition) is 2. The fourth-order valence-corrected chi connectivity index (χ4v) is 4.51. The van der Waals surface area contributed by atoms with Crippen LogP contribution < -0.4 is 0 Å². The van der Waals surface area contributed by atoms with Crippen LogP contribution in [0.2, 0.25) is 0 Å². The van der Waals surface area contributed by atoms with Crippen LogP contribution in [0.25, 0.3) is 37.3 Å². The molecule has 0 aliphatic rings. The molecule has 0 bridgehead atoms. The molecule has 3 heterocycles. The molecule has 0 N–H and O–H groups in total. The van der Waals surface area contributed by atoms with Gasteiger partial charge in [-0.05, 0) is 17.2 Å². The number of rotatable bonds is 2. The molecular formula is C21H14N2S. The number of thiazole rings is 1. The minimum absolute atomic E-state index is 1.18. The van der Waals surface area contributed by atoms with Crippen molar-refractivity contribution >= 4 is 26.9 Å². The van der Waals surface area contributed by atoms with Gasteiger partial charge in [-0.1, -0.05) is 60.7 Å². The highest BCUT2D eigenvalue weighted by molar-refractivity contribution is 7.22. The molecule has 0 saturated heterocycles. The molecule has 0 aliphatic carbocycles. The third kappa shape index (κ3) is 1.99. The maximum atomic E-state index is 4.26. The van der Waals surface area contributed by atoms with Gasteiger partial charge in [0.2, 0.25) is 0 Å². The van der Waals surface area contributed by atoms with E-state index in [1.807, 2.05) is 23.7 Å². The monoisotopic (exact) mass is 326 g/mol. The summed E-state index contributed by atoms with van der Waals surface area (Å²) < 4.78 is 2.31. The summed E-state index contributed by atoms with van der Waals surface area (Å²) in [5, 5.41) is 2.44. The summed E-state index contributed by atoms with van der Waals surface area (Å²) in [7, 11) is 0. The zero-order valence-corrected chi connectivity index (χ0v) is 13.7. The lowest BCUT2D eigenvalue weighted by Gasteiger charge is -2.05. The van der Waals surface area contributed by atoms with E-state index in [0.717, 1.165) is 0 Å². The Labute approximate surface area is 143 Å². The molecule has 3 aromatic heterocycles. The van der Waals surface area contributed by atoms with Gasteiger partial charge in [0.15, 0.2) is 0 Å². The third-order valence-electron chi connectivity index (χ3n) is 4.31. The van der Waals surface area contributed by atoms with Gasteiger partial charge in [-0.25, -0.2) is 0 Å². The van der Waals surface area contributed by atoms with E-state index in [9.17, 15) is 0 Å². The molecule has 2 aromatic carbocycles. The maximum absolute atomic E-state index is 4.26. The summed E-state index contributed by atoms with van der Waals surface area (Å²) in [5.74, 6) is 0. The van der Waals surface area contributed by atoms with Crippen molar-refractivity contribution in [2.45, 2.75) is 0 Å². The molecule has 0 fully saturated rings. The zero-order valence-electron chi connectivity index (χ0n) is 12.9. The second kappa shape index (κ2) is 5.32. The van der Waals surface area contributed by atoms with Gasteiger partial charge < -0.3 is 4.40 Å². The first kappa shape index (κ1) is 13.5. The number of fused-ring (bicyclic) bond motifs is 3. The second-order valence-corrected chi connectivity index (χ2v) is 6.78. The van der Waals surface area contributed by atoms with Gasteiger partial charge in [0.05, 0.1) is 10.6 Å². The van der Waals surface area contributed by atoms with Crippen LogP contribution in [0, 0.1) is 0 Å². The van der Waals surface area contributed by atoms with Gasteiger partial charge in [-0.3, -0.25) is 4.98 Å². The first-order valence-electron chi connectivity index (χ1n) is 7.90. The summed E-state index contributed by atoms with van der Waals surface area (Å²) >= 11 is 1.84. The number of nitrogens with zero attached hydrogens (tertiary/aromatic N) is 2. The summed E-state index contributed by atoms with van der Waals surface area (Å²) in [5.41, 5.74) is 3.74. The van der Waals surface area contributed by atoms with E-state index in [4.69, 9.17) is 0 Å². The quantitative estimate of drug-likeness (QED) is 0.396. The Balaban J connectivity index is 1.91. The van der Waals surface area contributed by atoms with Gasteiger partial charge in [0.25, 0.3) is 0 Å². The Kier molecular flexibility index (Phi) is 3.00. The molecule has 24 heavy (non-hydrogen) atoms. The van der Waals surface area contributed by atoms with E-state index in [-0.39, 0.29) is 0 Å². The van der Waals surface area contributed by atoms with Crippen LogP contribution >= 0.6 is 11.3 Å². The van der Waals surface area contributed by atoms with Crippen LogP contribution in [0.3, 0.4) is 0 Å². The molecule has 0 amide bonds. The fourth-order valence-electron chi connectivity index (χ4n) is 3.21. The second-order valence-electron chi connectivity index (χ2n) is 5.78. The van der Waals surface area contributed by atoms with Crippen molar-refractivity contribution in [3.8, 4) is 21.7 Å². The molecule has 5 rings (SSSR count). The number of hydrogen-bond donors (Lipinski definition) is 0. The van der Waals surface area contributed by atoms with Crippen molar-refractivity contribution in [3.63, 3.8) is 0 Å². The summed E-state index contributed by atoms with van der Waals surface area (Å²) in [6.45, 7) is 0. The highest BCUT2D eigenvalue weighted by atomic mass is 32.1. The van der Waals surface area contributed by atoms with Crippen LogP contribution in [0.5, 0.6) is 0 Å². The molecule has 0 saturated carbocycles. The van der Waals surface area contributed by atoms with Crippen molar-refractivity contribution in [1.29, 1.82) is 0 Å². The predicted octanol–water partition coefficient (Wildman–Crippen LogP) is 5.88. The average molecular weight is 326 g/mol. The largest absolute Gasteiger partial charge is 0.305 e. The van der Waals surface area contributed by atoms with E-state index in [1.54, 1.807) is 0 Å². The SMILES string of the molecule is c1ccc(-c2sc3c4ccncc4cn3c2-c2ccccc2)cc1. The molecular weight excluding hydrogens is 312 g/mol. The van der Waals surface area contributed by atoms with Gasteiger partial charge in [0.1, 0.15) is 4.83 Å². The van der Waals surface area contributed by atoms with Crippen LogP contribution in [-0.2, 0) is 0 Å². The lowest BCUT2D eigenvalue weighted by atomic mass is 10.1. The van der Waals surface area contributed by atoms with Crippen LogP contribution in [0.15, 0.2) is 85.3 Å². The van der Waals surface area contributed by atoms with Gasteiger partial charge >= 0.3 is 0 Å². The minimum Gasteiger partial charge on any atom is -0.305 e. The van der Waals surface area contributed by atoms with Crippen molar-refractivity contribution in [1.82, 2.24) is 9.38 Å². The highest BCUT2D eigenvalue weighted by Crippen LogP contribution is 2.42. The minimum atomic E-state index is 1.18. The highest BCUT2D eigenvalue weighted by Gasteiger charge is 2.17. The topological polar surface area (TPSA) is 17.3 Å². The molecule has 5 aromatic rings. The van der Waals surface area contributed by atoms with Crippen LogP contribution in [-0.4, -0.2) is 9.38 Å². The molecule has 3 heteroatoms. The van der Waals surface area contributed by atoms with Crippen molar-refractivity contribution in [3.05, 3.63) is 85.3 Å². The average Bonchev–Trinajstić information content (AvgIpc) is 3.19. The van der Waals surface area contributed by atoms with E-state index >= 15 is 0 Å². The lowest BCUT2D eigenvalue weighted by molar-refractivity contribution is 1.25. The summed E-state index contributed by atoms with van der Waals surface area (Å²) in [6, 6.07) is 23.3. The fraction of sp³-hybridized carbons (Fsp3) is 0. The van der Waals surface area contributed by atoms with E-state index in [1.165, 1.54) is 37.3 Å². The first-order chi connectivity index (χ1) is 11.9. The molecule has 0 unspecified atom stereocenters. The van der Waals surface area contributed by atoms with Gasteiger partial charge in [0, 0.05) is 29.4 Å². The molecule has 0 atom stereocenters. The molecule has 114 valence electrons. The summed E-state index contributed by atoms with van der Waals surface area (Å²) in [6.07, 6.45) is 6.00. The van der Waals surface area contributed by atoms with Crippen molar-refractivity contribution in [2.24, 2.45) is 0 Å².